The maximum atomic E-state index is 13.4. The van der Waals surface area contributed by atoms with Crippen LogP contribution >= 0.6 is 0 Å². The van der Waals surface area contributed by atoms with Crippen molar-refractivity contribution < 1.29 is 14.6 Å². The zero-order valence-electron chi connectivity index (χ0n) is 19.0. The lowest BCUT2D eigenvalue weighted by Gasteiger charge is -2.18. The average Bonchev–Trinajstić information content (AvgIpc) is 3.36. The third-order valence-electron chi connectivity index (χ3n) is 6.13. The number of hydrogen-bond acceptors (Lipinski definition) is 5. The Hall–Kier alpha value is -4.06. The topological polar surface area (TPSA) is 73.1 Å². The van der Waals surface area contributed by atoms with Gasteiger partial charge in [0.2, 0.25) is 0 Å². The van der Waals surface area contributed by atoms with Gasteiger partial charge < -0.3 is 14.6 Å². The molecule has 2 aromatic carbocycles. The van der Waals surface area contributed by atoms with Crippen LogP contribution in [0.1, 0.15) is 36.9 Å². The molecule has 1 N–H and O–H groups in total. The molecule has 5 rings (SSSR count). The Morgan fingerprint density at radius 2 is 1.85 bits per heavy atom. The number of phenols is 1. The highest BCUT2D eigenvalue weighted by atomic mass is 16.5. The number of benzene rings is 2. The Morgan fingerprint density at radius 3 is 2.65 bits per heavy atom. The smallest absolute Gasteiger partial charge is 0.266 e. The van der Waals surface area contributed by atoms with E-state index in [4.69, 9.17) is 14.5 Å². The quantitative estimate of drug-likeness (QED) is 0.412. The van der Waals surface area contributed by atoms with Crippen LogP contribution in [0.4, 0.5) is 0 Å². The van der Waals surface area contributed by atoms with Crippen LogP contribution in [0.15, 0.2) is 71.7 Å². The molecule has 1 fully saturated rings. The molecule has 6 heteroatoms. The highest BCUT2D eigenvalue weighted by Gasteiger charge is 2.20. The molecule has 0 bridgehead atoms. The average molecular weight is 455 g/mol. The van der Waals surface area contributed by atoms with Crippen LogP contribution in [-0.4, -0.2) is 27.7 Å². The summed E-state index contributed by atoms with van der Waals surface area (Å²) in [5.41, 5.74) is 2.72. The summed E-state index contributed by atoms with van der Waals surface area (Å²) >= 11 is 0. The van der Waals surface area contributed by atoms with Gasteiger partial charge in [0.05, 0.1) is 24.5 Å². The first-order valence-corrected chi connectivity index (χ1v) is 11.5. The van der Waals surface area contributed by atoms with Crippen LogP contribution in [0.25, 0.3) is 28.9 Å². The van der Waals surface area contributed by atoms with Gasteiger partial charge in [-0.15, -0.1) is 0 Å². The zero-order valence-corrected chi connectivity index (χ0v) is 19.0. The van der Waals surface area contributed by atoms with E-state index in [1.165, 1.54) is 17.2 Å². The zero-order chi connectivity index (χ0) is 23.5. The van der Waals surface area contributed by atoms with Crippen LogP contribution in [0, 0.1) is 0 Å². The van der Waals surface area contributed by atoms with Crippen LogP contribution in [0.5, 0.6) is 17.2 Å². The molecule has 34 heavy (non-hydrogen) atoms. The summed E-state index contributed by atoms with van der Waals surface area (Å²) in [6, 6.07) is 17.9. The van der Waals surface area contributed by atoms with Crippen molar-refractivity contribution in [3.8, 4) is 28.4 Å². The van der Waals surface area contributed by atoms with Crippen LogP contribution in [-0.2, 0) is 0 Å². The summed E-state index contributed by atoms with van der Waals surface area (Å²) in [4.78, 5) is 18.2. The van der Waals surface area contributed by atoms with Crippen molar-refractivity contribution in [3.05, 3.63) is 88.5 Å². The van der Waals surface area contributed by atoms with E-state index in [2.05, 4.69) is 0 Å². The van der Waals surface area contributed by atoms with Gasteiger partial charge in [-0.1, -0.05) is 30.3 Å². The molecule has 1 saturated carbocycles. The molecule has 6 nitrogen and oxygen atoms in total. The second-order valence-corrected chi connectivity index (χ2v) is 8.39. The van der Waals surface area contributed by atoms with Gasteiger partial charge in [0.15, 0.2) is 11.5 Å². The third kappa shape index (κ3) is 4.27. The summed E-state index contributed by atoms with van der Waals surface area (Å²) in [6.45, 7) is 0. The van der Waals surface area contributed by atoms with Crippen molar-refractivity contribution in [2.75, 3.05) is 7.11 Å². The molecule has 4 aromatic rings. The van der Waals surface area contributed by atoms with Crippen LogP contribution in [0.2, 0.25) is 0 Å². The first-order chi connectivity index (χ1) is 16.6. The molecular weight excluding hydrogens is 428 g/mol. The molecule has 2 heterocycles. The minimum Gasteiger partial charge on any atom is -0.508 e. The summed E-state index contributed by atoms with van der Waals surface area (Å²) < 4.78 is 13.4. The Bertz CT molecular complexity index is 1420. The number of phenolic OH excluding ortho intramolecular Hbond substituents is 1. The maximum Gasteiger partial charge on any atom is 0.266 e. The summed E-state index contributed by atoms with van der Waals surface area (Å²) in [7, 11) is 1.64. The molecule has 1 aliphatic rings. The lowest BCUT2D eigenvalue weighted by atomic mass is 10.0. The van der Waals surface area contributed by atoms with E-state index >= 15 is 0 Å². The van der Waals surface area contributed by atoms with Gasteiger partial charge in [-0.05, 0) is 73.7 Å². The number of para-hydroxylation sites is 1. The van der Waals surface area contributed by atoms with E-state index < -0.39 is 0 Å². The highest BCUT2D eigenvalue weighted by molar-refractivity contribution is 5.81. The molecule has 0 saturated heterocycles. The fourth-order valence-corrected chi connectivity index (χ4v) is 4.45. The number of methoxy groups -OCH3 is 1. The molecule has 0 amide bonds. The van der Waals surface area contributed by atoms with E-state index in [0.717, 1.165) is 18.4 Å². The molecule has 0 unspecified atom stereocenters. The summed E-state index contributed by atoms with van der Waals surface area (Å²) in [6.07, 6.45) is 10.0. The molecule has 0 aliphatic heterocycles. The number of aromatic nitrogens is 2. The van der Waals surface area contributed by atoms with Gasteiger partial charge in [0.1, 0.15) is 11.4 Å². The minimum atomic E-state index is -0.205. The number of nitrogens with zero attached hydrogens (tertiary/aromatic N) is 2. The summed E-state index contributed by atoms with van der Waals surface area (Å²) in [5, 5.41) is 10.0. The second kappa shape index (κ2) is 9.43. The third-order valence-corrected chi connectivity index (χ3v) is 6.13. The van der Waals surface area contributed by atoms with Gasteiger partial charge in [-0.3, -0.25) is 9.20 Å². The molecular formula is C28H26N2O4. The van der Waals surface area contributed by atoms with Crippen molar-refractivity contribution in [2.24, 2.45) is 0 Å². The Morgan fingerprint density at radius 1 is 1.03 bits per heavy atom. The van der Waals surface area contributed by atoms with E-state index in [0.29, 0.717) is 34.0 Å². The first-order valence-electron chi connectivity index (χ1n) is 11.5. The maximum absolute atomic E-state index is 13.4. The van der Waals surface area contributed by atoms with E-state index in [1.807, 2.05) is 36.4 Å². The number of aromatic hydroxyl groups is 1. The minimum absolute atomic E-state index is 0.0880. The fraction of sp³-hybridized carbons (Fsp3) is 0.214. The molecule has 2 aromatic heterocycles. The van der Waals surface area contributed by atoms with E-state index in [9.17, 15) is 9.90 Å². The Kier molecular flexibility index (Phi) is 6.04. The normalized spacial score (nSPS) is 14.1. The number of hydrogen-bond donors (Lipinski definition) is 1. The largest absolute Gasteiger partial charge is 0.508 e. The van der Waals surface area contributed by atoms with Gasteiger partial charge >= 0.3 is 0 Å². The van der Waals surface area contributed by atoms with E-state index in [1.54, 1.807) is 49.7 Å². The predicted molar refractivity (Wildman–Crippen MR) is 133 cm³/mol. The van der Waals surface area contributed by atoms with Crippen molar-refractivity contribution in [3.63, 3.8) is 0 Å². The van der Waals surface area contributed by atoms with Crippen LogP contribution < -0.4 is 15.0 Å². The first kappa shape index (κ1) is 21.8. The van der Waals surface area contributed by atoms with Crippen LogP contribution in [0.3, 0.4) is 0 Å². The van der Waals surface area contributed by atoms with Crippen molar-refractivity contribution in [1.82, 2.24) is 9.38 Å². The predicted octanol–water partition coefficient (Wildman–Crippen LogP) is 5.57. The Labute approximate surface area is 197 Å². The molecule has 0 atom stereocenters. The SMILES string of the molecule is COc1cccc(/C=C/c2nc3ccccn3c(=O)c2-c2cccc(O)c2)c1OC1CCCC1. The fourth-order valence-electron chi connectivity index (χ4n) is 4.45. The van der Waals surface area contributed by atoms with Gasteiger partial charge in [0.25, 0.3) is 5.56 Å². The van der Waals surface area contributed by atoms with Gasteiger partial charge in [0, 0.05) is 11.8 Å². The van der Waals surface area contributed by atoms with Crippen molar-refractivity contribution in [1.29, 1.82) is 0 Å². The lowest BCUT2D eigenvalue weighted by Crippen LogP contribution is -2.18. The molecule has 1 aliphatic carbocycles. The number of pyridine rings is 1. The lowest BCUT2D eigenvalue weighted by molar-refractivity contribution is 0.200. The Balaban J connectivity index is 1.64. The number of rotatable bonds is 6. The van der Waals surface area contributed by atoms with Gasteiger partial charge in [-0.2, -0.15) is 0 Å². The molecule has 172 valence electrons. The van der Waals surface area contributed by atoms with E-state index in [-0.39, 0.29) is 17.4 Å². The van der Waals surface area contributed by atoms with Crippen molar-refractivity contribution in [2.45, 2.75) is 31.8 Å². The number of fused-ring (bicyclic) bond motifs is 1. The summed E-state index contributed by atoms with van der Waals surface area (Å²) in [5.74, 6) is 1.46. The second-order valence-electron chi connectivity index (χ2n) is 8.39. The molecule has 0 radical (unpaired) electrons. The van der Waals surface area contributed by atoms with Crippen molar-refractivity contribution >= 4 is 17.8 Å². The highest BCUT2D eigenvalue weighted by Crippen LogP contribution is 2.36. The number of ether oxygens (including phenoxy) is 2. The molecule has 0 spiro atoms. The monoisotopic (exact) mass is 454 g/mol. The van der Waals surface area contributed by atoms with Gasteiger partial charge in [-0.25, -0.2) is 4.98 Å². The standard InChI is InChI=1S/C28H26N2O4/c1-33-24-13-7-8-19(27(24)34-22-11-2-3-12-22)15-16-23-26(20-9-6-10-21(31)18-20)28(32)30-17-5-4-14-25(30)29-23/h4-10,13-18,22,31H,2-3,11-12H2,1H3/b16-15+.